The Balaban J connectivity index is 1.36. The summed E-state index contributed by atoms with van der Waals surface area (Å²) >= 11 is 0. The quantitative estimate of drug-likeness (QED) is 0.745. The third-order valence-corrected chi connectivity index (χ3v) is 6.39. The highest BCUT2D eigenvalue weighted by Crippen LogP contribution is 2.26. The smallest absolute Gasteiger partial charge is 0.0829 e. The fourth-order valence-corrected chi connectivity index (χ4v) is 4.56. The molecule has 0 bridgehead atoms. The predicted molar refractivity (Wildman–Crippen MR) is 104 cm³/mol. The summed E-state index contributed by atoms with van der Waals surface area (Å²) in [7, 11) is 4.42. The summed E-state index contributed by atoms with van der Waals surface area (Å²) in [5.41, 5.74) is 0.336. The molecule has 1 unspecified atom stereocenters. The molecule has 3 aliphatic heterocycles. The van der Waals surface area contributed by atoms with Gasteiger partial charge >= 0.3 is 0 Å². The minimum Gasteiger partial charge on any atom is -0.374 e. The zero-order chi connectivity index (χ0) is 18.0. The molecule has 25 heavy (non-hydrogen) atoms. The van der Waals surface area contributed by atoms with Gasteiger partial charge in [-0.05, 0) is 66.7 Å². The van der Waals surface area contributed by atoms with Crippen LogP contribution in [0.15, 0.2) is 0 Å². The maximum atomic E-state index is 6.09. The lowest BCUT2D eigenvalue weighted by Crippen LogP contribution is -2.60. The van der Waals surface area contributed by atoms with Crippen molar-refractivity contribution in [1.29, 1.82) is 0 Å². The molecule has 5 nitrogen and oxygen atoms in total. The molecule has 3 aliphatic rings. The molecular weight excluding hydrogens is 312 g/mol. The van der Waals surface area contributed by atoms with Crippen LogP contribution in [0.2, 0.25) is 0 Å². The molecule has 3 saturated heterocycles. The molecule has 3 rings (SSSR count). The van der Waals surface area contributed by atoms with E-state index in [1.807, 2.05) is 0 Å². The largest absolute Gasteiger partial charge is 0.374 e. The molecule has 0 aliphatic carbocycles. The fourth-order valence-electron chi connectivity index (χ4n) is 4.56. The second-order valence-corrected chi connectivity index (χ2v) is 9.69. The van der Waals surface area contributed by atoms with Crippen molar-refractivity contribution in [3.05, 3.63) is 0 Å². The van der Waals surface area contributed by atoms with Gasteiger partial charge in [0.15, 0.2) is 0 Å². The molecule has 146 valence electrons. The number of piperidine rings is 1. The molecule has 1 atom stereocenters. The normalized spacial score (nSPS) is 29.3. The Morgan fingerprint density at radius 2 is 1.60 bits per heavy atom. The fraction of sp³-hybridized carbons (Fsp3) is 1.00. The third-order valence-electron chi connectivity index (χ3n) is 6.39. The van der Waals surface area contributed by atoms with E-state index < -0.39 is 0 Å². The van der Waals surface area contributed by atoms with Crippen molar-refractivity contribution < 1.29 is 4.74 Å². The van der Waals surface area contributed by atoms with Gasteiger partial charge in [0.1, 0.15) is 0 Å². The number of nitrogens with zero attached hydrogens (tertiary/aromatic N) is 4. The molecule has 0 aromatic rings. The Bertz CT molecular complexity index is 408. The summed E-state index contributed by atoms with van der Waals surface area (Å²) in [5.74, 6) is 0.855. The van der Waals surface area contributed by atoms with Gasteiger partial charge in [-0.25, -0.2) is 0 Å². The lowest BCUT2D eigenvalue weighted by atomic mass is 9.92. The summed E-state index contributed by atoms with van der Waals surface area (Å²) in [6.45, 7) is 17.5. The maximum Gasteiger partial charge on any atom is 0.0829 e. The lowest BCUT2D eigenvalue weighted by Gasteiger charge is -2.49. The van der Waals surface area contributed by atoms with Crippen LogP contribution in [0.1, 0.15) is 33.6 Å². The van der Waals surface area contributed by atoms with Gasteiger partial charge in [0.25, 0.3) is 0 Å². The van der Waals surface area contributed by atoms with Crippen molar-refractivity contribution >= 4 is 0 Å². The maximum absolute atomic E-state index is 6.09. The Hall–Kier alpha value is -0.200. The average molecular weight is 353 g/mol. The van der Waals surface area contributed by atoms with Gasteiger partial charge < -0.3 is 14.5 Å². The Kier molecular flexibility index (Phi) is 6.43. The van der Waals surface area contributed by atoms with Gasteiger partial charge in [-0.2, -0.15) is 0 Å². The zero-order valence-electron chi connectivity index (χ0n) is 17.2. The predicted octanol–water partition coefficient (Wildman–Crippen LogP) is 1.44. The van der Waals surface area contributed by atoms with E-state index >= 15 is 0 Å². The van der Waals surface area contributed by atoms with Crippen LogP contribution in [-0.4, -0.2) is 110 Å². The van der Waals surface area contributed by atoms with E-state index in [1.165, 1.54) is 45.6 Å². The highest BCUT2D eigenvalue weighted by atomic mass is 16.5. The van der Waals surface area contributed by atoms with Crippen LogP contribution in [0.5, 0.6) is 0 Å². The lowest BCUT2D eigenvalue weighted by molar-refractivity contribution is -0.0658. The van der Waals surface area contributed by atoms with Crippen LogP contribution < -0.4 is 0 Å². The SMILES string of the molecule is CN(C)C1CCN(CC2CN(CC3CN(C(C)(C)C)C3)CCO2)CC1. The van der Waals surface area contributed by atoms with Crippen LogP contribution >= 0.6 is 0 Å². The van der Waals surface area contributed by atoms with Crippen LogP contribution in [0.3, 0.4) is 0 Å². The first-order chi connectivity index (χ1) is 11.8. The van der Waals surface area contributed by atoms with E-state index in [1.54, 1.807) is 0 Å². The van der Waals surface area contributed by atoms with E-state index in [2.05, 4.69) is 54.5 Å². The summed E-state index contributed by atoms with van der Waals surface area (Å²) in [6.07, 6.45) is 3.01. The van der Waals surface area contributed by atoms with E-state index in [-0.39, 0.29) is 0 Å². The van der Waals surface area contributed by atoms with Crippen molar-refractivity contribution in [2.24, 2.45) is 5.92 Å². The molecule has 3 fully saturated rings. The summed E-state index contributed by atoms with van der Waals surface area (Å²) in [5, 5.41) is 0. The standard InChI is InChI=1S/C20H40N4O/c1-20(2,3)24-13-17(14-24)12-23-10-11-25-19(16-23)15-22-8-6-18(7-9-22)21(4)5/h17-19H,6-16H2,1-5H3. The number of rotatable bonds is 5. The Morgan fingerprint density at radius 3 is 2.20 bits per heavy atom. The highest BCUT2D eigenvalue weighted by Gasteiger charge is 2.36. The van der Waals surface area contributed by atoms with Crippen LogP contribution in [0, 0.1) is 5.92 Å². The van der Waals surface area contributed by atoms with E-state index in [9.17, 15) is 0 Å². The van der Waals surface area contributed by atoms with Gasteiger partial charge in [-0.3, -0.25) is 9.80 Å². The molecule has 0 aromatic carbocycles. The van der Waals surface area contributed by atoms with Crippen molar-refractivity contribution in [2.75, 3.05) is 73.1 Å². The molecule has 0 aromatic heterocycles. The zero-order valence-corrected chi connectivity index (χ0v) is 17.2. The Labute approximate surface area is 155 Å². The number of ether oxygens (including phenoxy) is 1. The monoisotopic (exact) mass is 352 g/mol. The molecular formula is C20H40N4O. The molecule has 3 heterocycles. The third kappa shape index (κ3) is 5.39. The van der Waals surface area contributed by atoms with Crippen molar-refractivity contribution in [2.45, 2.75) is 51.3 Å². The topological polar surface area (TPSA) is 22.2 Å². The molecule has 0 saturated carbocycles. The first kappa shape index (κ1) is 19.6. The van der Waals surface area contributed by atoms with Crippen LogP contribution in [-0.2, 0) is 4.74 Å². The number of hydrogen-bond donors (Lipinski definition) is 0. The summed E-state index contributed by atoms with van der Waals surface area (Å²) < 4.78 is 6.09. The molecule has 0 N–H and O–H groups in total. The first-order valence-corrected chi connectivity index (χ1v) is 10.3. The Morgan fingerprint density at radius 1 is 0.920 bits per heavy atom. The van der Waals surface area contributed by atoms with Crippen molar-refractivity contribution in [3.63, 3.8) is 0 Å². The number of likely N-dealkylation sites (tertiary alicyclic amines) is 2. The summed E-state index contributed by atoms with van der Waals surface area (Å²) in [4.78, 5) is 10.3. The number of hydrogen-bond acceptors (Lipinski definition) is 5. The first-order valence-electron chi connectivity index (χ1n) is 10.3. The highest BCUT2D eigenvalue weighted by molar-refractivity contribution is 4.91. The molecule has 0 spiro atoms. The second kappa shape index (κ2) is 8.22. The molecule has 0 radical (unpaired) electrons. The van der Waals surface area contributed by atoms with Gasteiger partial charge in [-0.1, -0.05) is 0 Å². The average Bonchev–Trinajstić information content (AvgIpc) is 2.50. The van der Waals surface area contributed by atoms with E-state index in [4.69, 9.17) is 4.74 Å². The van der Waals surface area contributed by atoms with Crippen LogP contribution in [0.25, 0.3) is 0 Å². The van der Waals surface area contributed by atoms with E-state index in [0.717, 1.165) is 38.2 Å². The van der Waals surface area contributed by atoms with Crippen LogP contribution in [0.4, 0.5) is 0 Å². The molecule has 0 amide bonds. The minimum atomic E-state index is 0.336. The van der Waals surface area contributed by atoms with Gasteiger partial charge in [0.2, 0.25) is 0 Å². The van der Waals surface area contributed by atoms with Gasteiger partial charge in [-0.15, -0.1) is 0 Å². The van der Waals surface area contributed by atoms with Gasteiger partial charge in [0.05, 0.1) is 12.7 Å². The molecule has 5 heteroatoms. The minimum absolute atomic E-state index is 0.336. The van der Waals surface area contributed by atoms with Crippen molar-refractivity contribution in [3.8, 4) is 0 Å². The van der Waals surface area contributed by atoms with Crippen molar-refractivity contribution in [1.82, 2.24) is 19.6 Å². The van der Waals surface area contributed by atoms with E-state index in [0.29, 0.717) is 11.6 Å². The second-order valence-electron chi connectivity index (χ2n) is 9.69. The number of morpholine rings is 1. The summed E-state index contributed by atoms with van der Waals surface area (Å²) in [6, 6.07) is 0.768. The van der Waals surface area contributed by atoms with Gasteiger partial charge in [0, 0.05) is 50.8 Å².